The number of ketones is 1. The third kappa shape index (κ3) is 2.92. The first-order chi connectivity index (χ1) is 12.6. The van der Waals surface area contributed by atoms with Crippen molar-refractivity contribution in [2.24, 2.45) is 5.92 Å². The van der Waals surface area contributed by atoms with Gasteiger partial charge < -0.3 is 9.88 Å². The van der Waals surface area contributed by atoms with Gasteiger partial charge in [-0.3, -0.25) is 9.59 Å². The number of likely N-dealkylation sites (tertiary alicyclic amines) is 1. The van der Waals surface area contributed by atoms with Gasteiger partial charge in [-0.25, -0.2) is 0 Å². The fourth-order valence-corrected chi connectivity index (χ4v) is 3.82. The number of rotatable bonds is 3. The van der Waals surface area contributed by atoms with Crippen LogP contribution in [-0.4, -0.2) is 34.7 Å². The Morgan fingerprint density at radius 1 is 0.962 bits per heavy atom. The van der Waals surface area contributed by atoms with Gasteiger partial charge in [0.2, 0.25) is 0 Å². The van der Waals surface area contributed by atoms with Crippen molar-refractivity contribution in [3.05, 3.63) is 71.4 Å². The molecular formula is C22H22N2O2. The maximum atomic E-state index is 13.0. The summed E-state index contributed by atoms with van der Waals surface area (Å²) in [4.78, 5) is 30.7. The van der Waals surface area contributed by atoms with Crippen LogP contribution in [0.25, 0.3) is 10.9 Å². The van der Waals surface area contributed by atoms with Crippen LogP contribution in [-0.2, 0) is 0 Å². The van der Waals surface area contributed by atoms with Crippen LogP contribution >= 0.6 is 0 Å². The molecule has 2 aromatic carbocycles. The molecule has 1 saturated heterocycles. The number of amides is 1. The van der Waals surface area contributed by atoms with E-state index in [1.54, 1.807) is 0 Å². The number of carbonyl (C=O) groups is 2. The highest BCUT2D eigenvalue weighted by molar-refractivity contribution is 6.09. The maximum Gasteiger partial charge on any atom is 0.254 e. The Bertz CT molecular complexity index is 965. The number of nitrogens with one attached hydrogen (secondary N) is 1. The second-order valence-corrected chi connectivity index (χ2v) is 6.99. The van der Waals surface area contributed by atoms with Crippen LogP contribution in [0.1, 0.15) is 39.1 Å². The third-order valence-electron chi connectivity index (χ3n) is 5.38. The number of hydrogen-bond acceptors (Lipinski definition) is 2. The number of benzene rings is 2. The number of hydrogen-bond donors (Lipinski definition) is 1. The Labute approximate surface area is 152 Å². The fraction of sp³-hybridized carbons (Fsp3) is 0.273. The minimum absolute atomic E-state index is 0.0184. The van der Waals surface area contributed by atoms with Crippen molar-refractivity contribution >= 4 is 22.6 Å². The molecule has 4 heteroatoms. The summed E-state index contributed by atoms with van der Waals surface area (Å²) in [7, 11) is 0. The third-order valence-corrected chi connectivity index (χ3v) is 5.38. The van der Waals surface area contributed by atoms with Crippen LogP contribution < -0.4 is 0 Å². The van der Waals surface area contributed by atoms with E-state index in [2.05, 4.69) is 4.98 Å². The molecule has 1 aromatic heterocycles. The highest BCUT2D eigenvalue weighted by Crippen LogP contribution is 2.27. The molecule has 1 fully saturated rings. The number of aryl methyl sites for hydroxylation is 1. The van der Waals surface area contributed by atoms with Crippen molar-refractivity contribution in [3.8, 4) is 0 Å². The van der Waals surface area contributed by atoms with Gasteiger partial charge in [0.1, 0.15) is 0 Å². The first-order valence-corrected chi connectivity index (χ1v) is 9.10. The molecule has 0 saturated carbocycles. The monoisotopic (exact) mass is 346 g/mol. The Hall–Kier alpha value is -2.88. The summed E-state index contributed by atoms with van der Waals surface area (Å²) in [6, 6.07) is 15.6. The number of Topliss-reactive ketones (excluding diaryl/α,β-unsaturated/α-hetero) is 1. The summed E-state index contributed by atoms with van der Waals surface area (Å²) in [6.07, 6.45) is 3.25. The molecule has 0 unspecified atom stereocenters. The predicted octanol–water partition coefficient (Wildman–Crippen LogP) is 4.21. The van der Waals surface area contributed by atoms with Gasteiger partial charge in [-0.05, 0) is 37.5 Å². The van der Waals surface area contributed by atoms with Gasteiger partial charge in [0.25, 0.3) is 5.91 Å². The zero-order valence-electron chi connectivity index (χ0n) is 14.9. The second-order valence-electron chi connectivity index (χ2n) is 6.99. The Morgan fingerprint density at radius 3 is 2.42 bits per heavy atom. The summed E-state index contributed by atoms with van der Waals surface area (Å²) in [5.41, 5.74) is 3.51. The average molecular weight is 346 g/mol. The van der Waals surface area contributed by atoms with E-state index >= 15 is 0 Å². The van der Waals surface area contributed by atoms with Crippen LogP contribution in [0, 0.1) is 12.8 Å². The quantitative estimate of drug-likeness (QED) is 0.722. The Balaban J connectivity index is 1.46. The van der Waals surface area contributed by atoms with Crippen molar-refractivity contribution in [2.75, 3.05) is 13.1 Å². The van der Waals surface area contributed by atoms with Crippen molar-refractivity contribution in [2.45, 2.75) is 19.8 Å². The molecule has 2 heterocycles. The Morgan fingerprint density at radius 2 is 1.65 bits per heavy atom. The van der Waals surface area contributed by atoms with Crippen LogP contribution in [0.2, 0.25) is 0 Å². The molecule has 4 nitrogen and oxygen atoms in total. The molecule has 1 amide bonds. The predicted molar refractivity (Wildman–Crippen MR) is 102 cm³/mol. The van der Waals surface area contributed by atoms with Gasteiger partial charge >= 0.3 is 0 Å². The molecule has 0 bridgehead atoms. The molecule has 1 aliphatic heterocycles. The van der Waals surface area contributed by atoms with Gasteiger partial charge in [-0.15, -0.1) is 0 Å². The largest absolute Gasteiger partial charge is 0.360 e. The first-order valence-electron chi connectivity index (χ1n) is 9.10. The zero-order valence-corrected chi connectivity index (χ0v) is 14.9. The summed E-state index contributed by atoms with van der Waals surface area (Å²) in [5.74, 6) is 0.238. The van der Waals surface area contributed by atoms with E-state index in [-0.39, 0.29) is 17.6 Å². The molecule has 4 rings (SSSR count). The zero-order chi connectivity index (χ0) is 18.1. The minimum atomic E-state index is -0.0184. The average Bonchev–Trinajstić information content (AvgIpc) is 3.11. The molecule has 0 radical (unpaired) electrons. The highest BCUT2D eigenvalue weighted by Gasteiger charge is 2.29. The number of aromatic amines is 1. The van der Waals surface area contributed by atoms with E-state index in [0.29, 0.717) is 13.1 Å². The van der Waals surface area contributed by atoms with Crippen LogP contribution in [0.15, 0.2) is 54.7 Å². The van der Waals surface area contributed by atoms with E-state index in [1.807, 2.05) is 66.6 Å². The number of aromatic nitrogens is 1. The molecular weight excluding hydrogens is 324 g/mol. The number of fused-ring (bicyclic) bond motifs is 1. The lowest BCUT2D eigenvalue weighted by atomic mass is 9.88. The van der Waals surface area contributed by atoms with E-state index in [9.17, 15) is 9.59 Å². The van der Waals surface area contributed by atoms with E-state index in [0.717, 1.165) is 40.4 Å². The van der Waals surface area contributed by atoms with Crippen molar-refractivity contribution in [1.29, 1.82) is 0 Å². The topological polar surface area (TPSA) is 53.2 Å². The lowest BCUT2D eigenvalue weighted by Gasteiger charge is -2.31. The molecule has 0 spiro atoms. The highest BCUT2D eigenvalue weighted by atomic mass is 16.2. The van der Waals surface area contributed by atoms with Gasteiger partial charge in [0.15, 0.2) is 5.78 Å². The number of piperidine rings is 1. The van der Waals surface area contributed by atoms with Gasteiger partial charge in [0, 0.05) is 47.2 Å². The van der Waals surface area contributed by atoms with E-state index in [4.69, 9.17) is 0 Å². The lowest BCUT2D eigenvalue weighted by molar-refractivity contribution is 0.0650. The molecule has 0 aliphatic carbocycles. The molecule has 0 atom stereocenters. The molecule has 26 heavy (non-hydrogen) atoms. The number of carbonyl (C=O) groups excluding carboxylic acids is 2. The lowest BCUT2D eigenvalue weighted by Crippen LogP contribution is -2.40. The first kappa shape index (κ1) is 16.6. The van der Waals surface area contributed by atoms with Crippen molar-refractivity contribution in [3.63, 3.8) is 0 Å². The van der Waals surface area contributed by atoms with Gasteiger partial charge in [-0.2, -0.15) is 0 Å². The standard InChI is InChI=1S/C22H22N2O2/c1-15-6-2-3-7-17(15)22(26)24-12-10-16(11-13-24)21(25)19-14-23-20-9-5-4-8-18(19)20/h2-9,14,16,23H,10-13H2,1H3. The maximum absolute atomic E-state index is 13.0. The number of para-hydroxylation sites is 1. The van der Waals surface area contributed by atoms with Crippen molar-refractivity contribution < 1.29 is 9.59 Å². The summed E-state index contributed by atoms with van der Waals surface area (Å²) in [6.45, 7) is 3.22. The molecule has 1 aliphatic rings. The van der Waals surface area contributed by atoms with E-state index in [1.165, 1.54) is 0 Å². The number of H-pyrrole nitrogens is 1. The van der Waals surface area contributed by atoms with Gasteiger partial charge in [0.05, 0.1) is 0 Å². The van der Waals surface area contributed by atoms with Crippen LogP contribution in [0.5, 0.6) is 0 Å². The Kier molecular flexibility index (Phi) is 4.33. The minimum Gasteiger partial charge on any atom is -0.360 e. The fourth-order valence-electron chi connectivity index (χ4n) is 3.82. The van der Waals surface area contributed by atoms with E-state index < -0.39 is 0 Å². The SMILES string of the molecule is Cc1ccccc1C(=O)N1CCC(C(=O)c2c[nH]c3ccccc23)CC1. The number of nitrogens with zero attached hydrogens (tertiary/aromatic N) is 1. The summed E-state index contributed by atoms with van der Waals surface area (Å²) < 4.78 is 0. The molecule has 132 valence electrons. The normalized spacial score (nSPS) is 15.3. The van der Waals surface area contributed by atoms with Gasteiger partial charge in [-0.1, -0.05) is 36.4 Å². The summed E-state index contributed by atoms with van der Waals surface area (Å²) in [5, 5.41) is 0.982. The second kappa shape index (κ2) is 6.79. The van der Waals surface area contributed by atoms with Crippen LogP contribution in [0.3, 0.4) is 0 Å². The van der Waals surface area contributed by atoms with Crippen molar-refractivity contribution in [1.82, 2.24) is 9.88 Å². The summed E-state index contributed by atoms with van der Waals surface area (Å²) >= 11 is 0. The molecule has 3 aromatic rings. The van der Waals surface area contributed by atoms with Crippen LogP contribution in [0.4, 0.5) is 0 Å². The molecule has 1 N–H and O–H groups in total. The smallest absolute Gasteiger partial charge is 0.254 e.